The lowest BCUT2D eigenvalue weighted by Gasteiger charge is -2.41. The van der Waals surface area contributed by atoms with Gasteiger partial charge in [-0.25, -0.2) is 4.98 Å². The molecule has 0 aromatic carbocycles. The van der Waals surface area contributed by atoms with Crippen molar-refractivity contribution >= 4 is 31.3 Å². The van der Waals surface area contributed by atoms with Gasteiger partial charge in [-0.3, -0.25) is 9.36 Å². The quantitative estimate of drug-likeness (QED) is 0.0525. The Morgan fingerprint density at radius 3 is 2.24 bits per heavy atom. The van der Waals surface area contributed by atoms with Gasteiger partial charge >= 0.3 is 17.8 Å². The number of nitrogens with one attached hydrogen (secondary N) is 1. The van der Waals surface area contributed by atoms with Gasteiger partial charge in [-0.1, -0.05) is 112 Å². The molecule has 9 nitrogen and oxygen atoms in total. The number of fused-ring (bicyclic) bond motifs is 1. The van der Waals surface area contributed by atoms with Crippen molar-refractivity contribution < 1.29 is 23.1 Å². The van der Waals surface area contributed by atoms with Gasteiger partial charge in [-0.15, -0.1) is 6.42 Å². The van der Waals surface area contributed by atoms with Gasteiger partial charge in [-0.2, -0.15) is 14.4 Å². The molecule has 3 rings (SSSR count). The second-order valence-corrected chi connectivity index (χ2v) is 19.3. The van der Waals surface area contributed by atoms with Crippen LogP contribution in [0.4, 0.5) is 10.2 Å². The number of halogens is 1. The predicted octanol–water partition coefficient (Wildman–Crippen LogP) is 8.92. The number of unbranched alkanes of at least 4 members (excludes halogenated alkanes) is 11. The average Bonchev–Trinajstić information content (AvgIpc) is 3.56. The lowest BCUT2D eigenvalue weighted by molar-refractivity contribution is -0.227. The van der Waals surface area contributed by atoms with Gasteiger partial charge < -0.3 is 19.2 Å². The van der Waals surface area contributed by atoms with E-state index in [0.717, 1.165) is 12.8 Å². The molecule has 3 atom stereocenters. The van der Waals surface area contributed by atoms with E-state index in [2.05, 4.69) is 67.0 Å². The normalized spacial score (nSPS) is 20.4. The van der Waals surface area contributed by atoms with E-state index in [1.165, 1.54) is 64.2 Å². The molecule has 0 bridgehead atoms. The van der Waals surface area contributed by atoms with Crippen LogP contribution in [0.25, 0.3) is 11.2 Å². The van der Waals surface area contributed by atoms with Gasteiger partial charge in [0.25, 0.3) is 0 Å². The van der Waals surface area contributed by atoms with Crippen molar-refractivity contribution in [1.29, 1.82) is 0 Å². The van der Waals surface area contributed by atoms with Crippen LogP contribution in [0, 0.1) is 24.3 Å². The number of imidazole rings is 1. The number of carbonyl (C=O) groups is 1. The number of rotatable bonds is 19. The third-order valence-electron chi connectivity index (χ3n) is 9.35. The molecule has 46 heavy (non-hydrogen) atoms. The fraction of sp³-hybridized carbons (Fsp3) is 0.771. The van der Waals surface area contributed by atoms with Crippen molar-refractivity contribution in [2.75, 3.05) is 11.9 Å². The molecular formula is C35H58FN5O4Si. The first-order chi connectivity index (χ1) is 21.7. The highest BCUT2D eigenvalue weighted by atomic mass is 28.4. The second kappa shape index (κ2) is 17.0. The van der Waals surface area contributed by atoms with E-state index in [-0.39, 0.29) is 17.1 Å². The molecule has 1 aliphatic heterocycles. The monoisotopic (exact) mass is 659 g/mol. The van der Waals surface area contributed by atoms with Crippen LogP contribution in [0.5, 0.6) is 0 Å². The summed E-state index contributed by atoms with van der Waals surface area (Å²) in [5.41, 5.74) is 0.701. The van der Waals surface area contributed by atoms with Crippen molar-refractivity contribution in [3.8, 4) is 12.3 Å². The van der Waals surface area contributed by atoms with E-state index in [0.29, 0.717) is 17.9 Å². The molecule has 0 saturated carbocycles. The Labute approximate surface area is 277 Å². The summed E-state index contributed by atoms with van der Waals surface area (Å²) in [6, 6.07) is 0. The minimum atomic E-state index is -2.37. The van der Waals surface area contributed by atoms with Crippen LogP contribution in [0.2, 0.25) is 18.1 Å². The highest BCUT2D eigenvalue weighted by Gasteiger charge is 2.56. The Morgan fingerprint density at radius 2 is 1.70 bits per heavy atom. The number of anilines is 1. The maximum absolute atomic E-state index is 14.8. The van der Waals surface area contributed by atoms with Crippen molar-refractivity contribution in [3.05, 3.63) is 12.4 Å². The lowest BCUT2D eigenvalue weighted by Crippen LogP contribution is -2.52. The number of ether oxygens (including phenoxy) is 2. The molecule has 0 spiro atoms. The van der Waals surface area contributed by atoms with Crippen LogP contribution in [-0.4, -0.2) is 52.2 Å². The fourth-order valence-electron chi connectivity index (χ4n) is 5.40. The molecule has 0 radical (unpaired) electrons. The van der Waals surface area contributed by atoms with Crippen LogP contribution in [0.15, 0.2) is 6.33 Å². The Kier molecular flexibility index (Phi) is 14.0. The molecule has 1 saturated heterocycles. The minimum Gasteiger partial charge on any atom is -0.418 e. The molecule has 1 N–H and O–H groups in total. The third kappa shape index (κ3) is 9.98. The molecule has 0 aliphatic carbocycles. The predicted molar refractivity (Wildman–Crippen MR) is 184 cm³/mol. The van der Waals surface area contributed by atoms with Crippen molar-refractivity contribution in [3.63, 3.8) is 0 Å². The summed E-state index contributed by atoms with van der Waals surface area (Å²) in [5, 5.41) is 3.14. The summed E-state index contributed by atoms with van der Waals surface area (Å²) in [4.78, 5) is 25.4. The molecule has 3 heterocycles. The van der Waals surface area contributed by atoms with Crippen LogP contribution < -0.4 is 5.32 Å². The number of esters is 1. The maximum atomic E-state index is 14.8. The third-order valence-corrected chi connectivity index (χ3v) is 13.8. The van der Waals surface area contributed by atoms with Crippen molar-refractivity contribution in [1.82, 2.24) is 19.5 Å². The first-order valence-electron chi connectivity index (χ1n) is 17.4. The number of hydrogen-bond acceptors (Lipinski definition) is 8. The molecular weight excluding hydrogens is 602 g/mol. The van der Waals surface area contributed by atoms with Crippen LogP contribution in [0.1, 0.15) is 131 Å². The van der Waals surface area contributed by atoms with Gasteiger partial charge in [0.15, 0.2) is 25.3 Å². The molecule has 0 unspecified atom stereocenters. The summed E-state index contributed by atoms with van der Waals surface area (Å²) in [7, 11) is -2.37. The number of carbonyl (C=O) groups excluding carboxylic acids is 1. The Bertz CT molecular complexity index is 1300. The summed E-state index contributed by atoms with van der Waals surface area (Å²) in [5.74, 6) is 0.275. The SMILES string of the molecule is C#C[C@]1(OC(=O)C(C)C)O[C@@H](n2cnc3c(NCCCCCCCCCCCCCC)nc(F)nc32)C[C@@H]1O[Si](C)(C)C(C)(C)C. The number of hydrogen-bond donors (Lipinski definition) is 1. The van der Waals surface area contributed by atoms with Gasteiger partial charge in [0.2, 0.25) is 0 Å². The molecule has 11 heteroatoms. The van der Waals surface area contributed by atoms with Crippen LogP contribution in [0.3, 0.4) is 0 Å². The molecule has 0 amide bonds. The van der Waals surface area contributed by atoms with Crippen molar-refractivity contribution in [2.24, 2.45) is 5.92 Å². The van der Waals surface area contributed by atoms with Crippen molar-refractivity contribution in [2.45, 2.75) is 161 Å². The van der Waals surface area contributed by atoms with E-state index < -0.39 is 44.4 Å². The molecule has 1 fully saturated rings. The van der Waals surface area contributed by atoms with Gasteiger partial charge in [0.05, 0.1) is 12.2 Å². The lowest BCUT2D eigenvalue weighted by atomic mass is 10.1. The fourth-order valence-corrected chi connectivity index (χ4v) is 6.72. The average molecular weight is 660 g/mol. The van der Waals surface area contributed by atoms with E-state index >= 15 is 0 Å². The van der Waals surface area contributed by atoms with E-state index in [9.17, 15) is 9.18 Å². The zero-order chi connectivity index (χ0) is 34.0. The molecule has 2 aromatic rings. The molecule has 1 aliphatic rings. The summed E-state index contributed by atoms with van der Waals surface area (Å²) in [6.45, 7) is 17.0. The topological polar surface area (TPSA) is 100 Å². The van der Waals surface area contributed by atoms with Gasteiger partial charge in [0, 0.05) is 13.0 Å². The highest BCUT2D eigenvalue weighted by Crippen LogP contribution is 2.46. The summed E-state index contributed by atoms with van der Waals surface area (Å²) < 4.78 is 35.3. The van der Waals surface area contributed by atoms with Crippen LogP contribution >= 0.6 is 0 Å². The second-order valence-electron chi connectivity index (χ2n) is 14.5. The zero-order valence-corrected chi connectivity index (χ0v) is 30.6. The molecule has 258 valence electrons. The first-order valence-corrected chi connectivity index (χ1v) is 20.4. The Morgan fingerprint density at radius 1 is 1.11 bits per heavy atom. The maximum Gasteiger partial charge on any atom is 0.312 e. The van der Waals surface area contributed by atoms with E-state index in [1.807, 2.05) is 0 Å². The summed E-state index contributed by atoms with van der Waals surface area (Å²) in [6.07, 6.45) is 20.7. The first kappa shape index (κ1) is 37.9. The standard InChI is InChI=1S/C35H58FN5O4Si/c1-10-12-13-14-15-16-17-18-19-20-21-22-23-37-30-29-31(40-33(36)39-30)41(25-38-29)28-24-27(45-46(8,9)34(5,6)7)35(11-2,43-28)44-32(42)26(3)4/h2,25-28H,10,12-24H2,1,3-9H3,(H,37,39,40)/t27-,28+,35+/m0/s1. The van der Waals surface area contributed by atoms with Crippen LogP contribution in [-0.2, 0) is 18.7 Å². The van der Waals surface area contributed by atoms with E-state index in [1.54, 1.807) is 24.7 Å². The van der Waals surface area contributed by atoms with Gasteiger partial charge in [0.1, 0.15) is 12.3 Å². The number of aromatic nitrogens is 4. The Hall–Kier alpha value is -2.55. The zero-order valence-electron chi connectivity index (χ0n) is 29.6. The largest absolute Gasteiger partial charge is 0.418 e. The Balaban J connectivity index is 1.66. The van der Waals surface area contributed by atoms with Gasteiger partial charge in [-0.05, 0) is 30.5 Å². The highest BCUT2D eigenvalue weighted by molar-refractivity contribution is 6.74. The van der Waals surface area contributed by atoms with E-state index in [4.69, 9.17) is 20.3 Å². The molecule has 2 aromatic heterocycles. The minimum absolute atomic E-state index is 0.125. The number of terminal acetylenes is 1. The summed E-state index contributed by atoms with van der Waals surface area (Å²) >= 11 is 0. The number of nitrogens with zero attached hydrogens (tertiary/aromatic N) is 4. The smallest absolute Gasteiger partial charge is 0.312 e.